The van der Waals surface area contributed by atoms with Crippen LogP contribution in [-0.4, -0.2) is 48.7 Å². The van der Waals surface area contributed by atoms with Gasteiger partial charge in [0.05, 0.1) is 18.4 Å². The summed E-state index contributed by atoms with van der Waals surface area (Å²) in [7, 11) is 1.64. The number of nitrogens with zero attached hydrogens (tertiary/aromatic N) is 3. The fourth-order valence-corrected chi connectivity index (χ4v) is 4.14. The number of ether oxygens (including phenoxy) is 1. The average molecular weight is 407 g/mol. The molecule has 6 heteroatoms. The largest absolute Gasteiger partial charge is 0.497 e. The topological polar surface area (TPSA) is 37.7 Å². The summed E-state index contributed by atoms with van der Waals surface area (Å²) in [6, 6.07) is 16.5. The molecule has 0 saturated carbocycles. The van der Waals surface area contributed by atoms with Gasteiger partial charge in [-0.05, 0) is 56.3 Å². The molecule has 1 aliphatic heterocycles. The summed E-state index contributed by atoms with van der Waals surface area (Å²) in [6.45, 7) is 6.34. The predicted molar refractivity (Wildman–Crippen MR) is 116 cm³/mol. The van der Waals surface area contributed by atoms with Crippen LogP contribution < -0.4 is 9.64 Å². The van der Waals surface area contributed by atoms with Gasteiger partial charge < -0.3 is 19.1 Å². The lowest BCUT2D eigenvalue weighted by Gasteiger charge is -2.36. The predicted octanol–water partition coefficient (Wildman–Crippen LogP) is 4.20. The van der Waals surface area contributed by atoms with E-state index in [9.17, 15) is 9.18 Å². The molecule has 0 spiro atoms. The number of amides is 1. The van der Waals surface area contributed by atoms with Gasteiger partial charge >= 0.3 is 0 Å². The average Bonchev–Trinajstić information content (AvgIpc) is 3.07. The molecule has 156 valence electrons. The van der Waals surface area contributed by atoms with Crippen molar-refractivity contribution in [2.45, 2.75) is 13.8 Å². The number of aryl methyl sites for hydroxylation is 1. The van der Waals surface area contributed by atoms with Crippen LogP contribution in [0.25, 0.3) is 5.69 Å². The smallest absolute Gasteiger partial charge is 0.255 e. The van der Waals surface area contributed by atoms with Gasteiger partial charge in [0.15, 0.2) is 0 Å². The summed E-state index contributed by atoms with van der Waals surface area (Å²) in [5.74, 6) is 0.599. The van der Waals surface area contributed by atoms with Crippen LogP contribution >= 0.6 is 0 Å². The van der Waals surface area contributed by atoms with Crippen LogP contribution in [0.4, 0.5) is 10.1 Å². The van der Waals surface area contributed by atoms with Crippen molar-refractivity contribution in [3.05, 3.63) is 77.4 Å². The maximum Gasteiger partial charge on any atom is 0.255 e. The Morgan fingerprint density at radius 1 is 0.967 bits per heavy atom. The number of hydrogen-bond acceptors (Lipinski definition) is 3. The maximum atomic E-state index is 14.1. The molecular formula is C24H26FN3O2. The first-order chi connectivity index (χ1) is 14.5. The fourth-order valence-electron chi connectivity index (χ4n) is 4.14. The van der Waals surface area contributed by atoms with E-state index in [2.05, 4.69) is 4.57 Å². The van der Waals surface area contributed by atoms with Gasteiger partial charge in [-0.25, -0.2) is 4.39 Å². The minimum absolute atomic E-state index is 0.0241. The van der Waals surface area contributed by atoms with E-state index < -0.39 is 0 Å². The summed E-state index contributed by atoms with van der Waals surface area (Å²) in [5, 5.41) is 0. The molecule has 4 rings (SSSR count). The van der Waals surface area contributed by atoms with Crippen LogP contribution in [0.5, 0.6) is 5.75 Å². The van der Waals surface area contributed by atoms with Crippen LogP contribution in [0.1, 0.15) is 21.7 Å². The lowest BCUT2D eigenvalue weighted by molar-refractivity contribution is 0.0746. The van der Waals surface area contributed by atoms with Crippen molar-refractivity contribution < 1.29 is 13.9 Å². The Balaban J connectivity index is 1.51. The highest BCUT2D eigenvalue weighted by molar-refractivity contribution is 5.96. The molecule has 0 atom stereocenters. The van der Waals surface area contributed by atoms with E-state index in [4.69, 9.17) is 4.74 Å². The van der Waals surface area contributed by atoms with Gasteiger partial charge in [-0.3, -0.25) is 4.79 Å². The van der Waals surface area contributed by atoms with Crippen LogP contribution in [0, 0.1) is 19.7 Å². The number of piperazine rings is 1. The Kier molecular flexibility index (Phi) is 5.48. The van der Waals surface area contributed by atoms with Gasteiger partial charge in [-0.1, -0.05) is 12.1 Å². The summed E-state index contributed by atoms with van der Waals surface area (Å²) in [6.07, 6.45) is 0. The van der Waals surface area contributed by atoms with Crippen molar-refractivity contribution >= 4 is 11.6 Å². The lowest BCUT2D eigenvalue weighted by Crippen LogP contribution is -2.49. The summed E-state index contributed by atoms with van der Waals surface area (Å²) < 4.78 is 21.4. The molecule has 2 heterocycles. The fraction of sp³-hybridized carbons (Fsp3) is 0.292. The van der Waals surface area contributed by atoms with Crippen molar-refractivity contribution in [2.24, 2.45) is 0 Å². The third kappa shape index (κ3) is 3.65. The van der Waals surface area contributed by atoms with Gasteiger partial charge in [0.1, 0.15) is 11.6 Å². The third-order valence-corrected chi connectivity index (χ3v) is 5.75. The quantitative estimate of drug-likeness (QED) is 0.650. The molecule has 1 fully saturated rings. The van der Waals surface area contributed by atoms with Crippen molar-refractivity contribution in [1.29, 1.82) is 0 Å². The van der Waals surface area contributed by atoms with E-state index >= 15 is 0 Å². The second-order valence-electron chi connectivity index (χ2n) is 7.55. The number of halogens is 1. The standard InChI is InChI=1S/C24H26FN3O2/c1-17-16-21(18(2)28(17)19-8-10-20(30-3)11-9-19)24(29)27-14-12-26(13-15-27)23-7-5-4-6-22(23)25/h4-11,16H,12-15H2,1-3H3. The molecule has 3 aromatic rings. The van der Waals surface area contributed by atoms with Crippen molar-refractivity contribution in [3.8, 4) is 11.4 Å². The van der Waals surface area contributed by atoms with E-state index in [0.29, 0.717) is 37.4 Å². The Hall–Kier alpha value is -3.28. The van der Waals surface area contributed by atoms with Crippen LogP contribution in [-0.2, 0) is 0 Å². The molecule has 0 aliphatic carbocycles. The number of carbonyl (C=O) groups excluding carboxylic acids is 1. The summed E-state index contributed by atoms with van der Waals surface area (Å²) in [4.78, 5) is 17.1. The van der Waals surface area contributed by atoms with Crippen molar-refractivity contribution in [1.82, 2.24) is 9.47 Å². The third-order valence-electron chi connectivity index (χ3n) is 5.75. The number of aromatic nitrogens is 1. The second-order valence-corrected chi connectivity index (χ2v) is 7.55. The Morgan fingerprint density at radius 2 is 1.63 bits per heavy atom. The zero-order chi connectivity index (χ0) is 21.3. The molecular weight excluding hydrogens is 381 g/mol. The highest BCUT2D eigenvalue weighted by atomic mass is 19.1. The number of hydrogen-bond donors (Lipinski definition) is 0. The Morgan fingerprint density at radius 3 is 2.27 bits per heavy atom. The minimum Gasteiger partial charge on any atom is -0.497 e. The summed E-state index contributed by atoms with van der Waals surface area (Å²) in [5.41, 5.74) is 4.23. The molecule has 0 unspecified atom stereocenters. The van der Waals surface area contributed by atoms with E-state index in [0.717, 1.165) is 22.8 Å². The van der Waals surface area contributed by atoms with Gasteiger partial charge in [0.25, 0.3) is 5.91 Å². The second kappa shape index (κ2) is 8.22. The number of methoxy groups -OCH3 is 1. The Labute approximate surface area is 176 Å². The first kappa shape index (κ1) is 20.0. The Bertz CT molecular complexity index is 1050. The maximum absolute atomic E-state index is 14.1. The van der Waals surface area contributed by atoms with E-state index in [1.165, 1.54) is 6.07 Å². The zero-order valence-electron chi connectivity index (χ0n) is 17.6. The van der Waals surface area contributed by atoms with E-state index in [1.54, 1.807) is 19.2 Å². The van der Waals surface area contributed by atoms with Gasteiger partial charge in [0, 0.05) is 43.3 Å². The monoisotopic (exact) mass is 407 g/mol. The molecule has 0 bridgehead atoms. The molecule has 1 aliphatic rings. The number of carbonyl (C=O) groups is 1. The normalized spacial score (nSPS) is 14.1. The highest BCUT2D eigenvalue weighted by Crippen LogP contribution is 2.25. The SMILES string of the molecule is COc1ccc(-n2c(C)cc(C(=O)N3CCN(c4ccccc4F)CC3)c2C)cc1. The van der Waals surface area contributed by atoms with E-state index in [-0.39, 0.29) is 11.7 Å². The molecule has 1 saturated heterocycles. The number of benzene rings is 2. The molecule has 2 aromatic carbocycles. The number of rotatable bonds is 4. The van der Waals surface area contributed by atoms with Crippen molar-refractivity contribution in [3.63, 3.8) is 0 Å². The van der Waals surface area contributed by atoms with Gasteiger partial charge in [0.2, 0.25) is 0 Å². The van der Waals surface area contributed by atoms with Crippen LogP contribution in [0.2, 0.25) is 0 Å². The van der Waals surface area contributed by atoms with Crippen molar-refractivity contribution in [2.75, 3.05) is 38.2 Å². The summed E-state index contributed by atoms with van der Waals surface area (Å²) >= 11 is 0. The van der Waals surface area contributed by atoms with Gasteiger partial charge in [-0.2, -0.15) is 0 Å². The molecule has 5 nitrogen and oxygen atoms in total. The molecule has 1 aromatic heterocycles. The van der Waals surface area contributed by atoms with E-state index in [1.807, 2.05) is 60.0 Å². The highest BCUT2D eigenvalue weighted by Gasteiger charge is 2.26. The molecule has 1 amide bonds. The number of para-hydroxylation sites is 1. The molecule has 30 heavy (non-hydrogen) atoms. The zero-order valence-corrected chi connectivity index (χ0v) is 17.6. The molecule has 0 N–H and O–H groups in total. The molecule has 0 radical (unpaired) electrons. The lowest BCUT2D eigenvalue weighted by atomic mass is 10.2. The van der Waals surface area contributed by atoms with Gasteiger partial charge in [-0.15, -0.1) is 0 Å². The van der Waals surface area contributed by atoms with Crippen LogP contribution in [0.15, 0.2) is 54.6 Å². The first-order valence-electron chi connectivity index (χ1n) is 10.1. The number of anilines is 1. The minimum atomic E-state index is -0.222. The first-order valence-corrected chi connectivity index (χ1v) is 10.1. The van der Waals surface area contributed by atoms with Crippen LogP contribution in [0.3, 0.4) is 0 Å².